The van der Waals surface area contributed by atoms with Crippen molar-refractivity contribution < 1.29 is 0 Å². The molecule has 1 heteroatoms. The maximum Gasteiger partial charge on any atom is 0.0214 e. The van der Waals surface area contributed by atoms with E-state index in [4.69, 9.17) is 0 Å². The summed E-state index contributed by atoms with van der Waals surface area (Å²) in [4.78, 5) is 0. The lowest BCUT2D eigenvalue weighted by atomic mass is 10.2. The van der Waals surface area contributed by atoms with Gasteiger partial charge in [0.05, 0.1) is 0 Å². The van der Waals surface area contributed by atoms with Gasteiger partial charge in [-0.05, 0) is 18.7 Å². The zero-order valence-electron chi connectivity index (χ0n) is 6.80. The van der Waals surface area contributed by atoms with Crippen LogP contribution in [0, 0.1) is 0 Å². The van der Waals surface area contributed by atoms with Crippen molar-refractivity contribution in [3.05, 3.63) is 48.4 Å². The van der Waals surface area contributed by atoms with Gasteiger partial charge in [0.25, 0.3) is 0 Å². The fourth-order valence-electron chi connectivity index (χ4n) is 1.02. The molecule has 11 heavy (non-hydrogen) atoms. The molecule has 0 saturated carbocycles. The van der Waals surface area contributed by atoms with Gasteiger partial charge >= 0.3 is 0 Å². The van der Waals surface area contributed by atoms with Crippen LogP contribution in [0.5, 0.6) is 0 Å². The van der Waals surface area contributed by atoms with E-state index in [1.807, 2.05) is 6.08 Å². The van der Waals surface area contributed by atoms with Gasteiger partial charge in [0.2, 0.25) is 0 Å². The van der Waals surface area contributed by atoms with E-state index in [2.05, 4.69) is 37.0 Å². The van der Waals surface area contributed by atoms with Gasteiger partial charge in [-0.2, -0.15) is 0 Å². The first-order valence-electron chi connectivity index (χ1n) is 3.75. The molecule has 1 N–H and O–H groups in total. The van der Waals surface area contributed by atoms with Crippen molar-refractivity contribution >= 4 is 0 Å². The van der Waals surface area contributed by atoms with E-state index < -0.39 is 0 Å². The van der Waals surface area contributed by atoms with E-state index in [1.54, 1.807) is 6.20 Å². The van der Waals surface area contributed by atoms with Crippen molar-refractivity contribution in [2.75, 3.05) is 0 Å². The lowest BCUT2D eigenvalue weighted by Gasteiger charge is -2.05. The molecule has 0 radical (unpaired) electrons. The smallest absolute Gasteiger partial charge is 0.0214 e. The normalized spacial score (nSPS) is 16.5. The summed E-state index contributed by atoms with van der Waals surface area (Å²) in [5, 5.41) is 3.12. The molecule has 0 aromatic carbocycles. The SMILES string of the molecule is C=CNC1=C(C)C=CC=CC1. The van der Waals surface area contributed by atoms with Gasteiger partial charge in [-0.3, -0.25) is 0 Å². The van der Waals surface area contributed by atoms with Crippen molar-refractivity contribution in [3.8, 4) is 0 Å². The molecule has 0 atom stereocenters. The van der Waals surface area contributed by atoms with Crippen molar-refractivity contribution in [1.82, 2.24) is 5.32 Å². The summed E-state index contributed by atoms with van der Waals surface area (Å²) in [5.74, 6) is 0. The molecule has 0 unspecified atom stereocenters. The number of nitrogens with one attached hydrogen (secondary N) is 1. The molecule has 0 heterocycles. The molecule has 0 saturated heterocycles. The molecule has 58 valence electrons. The Morgan fingerprint density at radius 2 is 2.36 bits per heavy atom. The van der Waals surface area contributed by atoms with Crippen LogP contribution < -0.4 is 5.32 Å². The van der Waals surface area contributed by atoms with Crippen LogP contribution >= 0.6 is 0 Å². The fourth-order valence-corrected chi connectivity index (χ4v) is 1.02. The third-order valence-corrected chi connectivity index (χ3v) is 1.67. The highest BCUT2D eigenvalue weighted by Crippen LogP contribution is 2.10. The minimum absolute atomic E-state index is 0.963. The largest absolute Gasteiger partial charge is 0.365 e. The molecule has 0 amide bonds. The van der Waals surface area contributed by atoms with Crippen LogP contribution in [0.4, 0.5) is 0 Å². The first kappa shape index (κ1) is 7.86. The van der Waals surface area contributed by atoms with Gasteiger partial charge in [0.1, 0.15) is 0 Å². The zero-order chi connectivity index (χ0) is 8.10. The van der Waals surface area contributed by atoms with Crippen LogP contribution in [-0.2, 0) is 0 Å². The Hall–Kier alpha value is -1.24. The molecule has 0 aromatic rings. The summed E-state index contributed by atoms with van der Waals surface area (Å²) >= 11 is 0. The number of allylic oxidation sites excluding steroid dienone is 5. The lowest BCUT2D eigenvalue weighted by Crippen LogP contribution is -2.04. The number of rotatable bonds is 2. The van der Waals surface area contributed by atoms with Crippen molar-refractivity contribution in [1.29, 1.82) is 0 Å². The van der Waals surface area contributed by atoms with E-state index >= 15 is 0 Å². The third kappa shape index (κ3) is 2.11. The molecule has 0 aromatic heterocycles. The predicted octanol–water partition coefficient (Wildman–Crippen LogP) is 2.51. The maximum absolute atomic E-state index is 3.63. The quantitative estimate of drug-likeness (QED) is 0.632. The Bertz CT molecular complexity index is 231. The van der Waals surface area contributed by atoms with E-state index in [9.17, 15) is 0 Å². The molecule has 0 bridgehead atoms. The minimum atomic E-state index is 0.963. The zero-order valence-corrected chi connectivity index (χ0v) is 6.80. The number of hydrogen-bond donors (Lipinski definition) is 1. The Labute approximate surface area is 67.8 Å². The third-order valence-electron chi connectivity index (χ3n) is 1.67. The Morgan fingerprint density at radius 1 is 1.55 bits per heavy atom. The van der Waals surface area contributed by atoms with Crippen molar-refractivity contribution in [2.24, 2.45) is 0 Å². The summed E-state index contributed by atoms with van der Waals surface area (Å²) < 4.78 is 0. The monoisotopic (exact) mass is 147 g/mol. The number of hydrogen-bond acceptors (Lipinski definition) is 1. The highest BCUT2D eigenvalue weighted by molar-refractivity contribution is 5.30. The van der Waals surface area contributed by atoms with Crippen molar-refractivity contribution in [2.45, 2.75) is 13.3 Å². The predicted molar refractivity (Wildman–Crippen MR) is 48.9 cm³/mol. The standard InChI is InChI=1S/C10H13N/c1-3-11-10-8-6-4-5-7-9(10)2/h3-7,11H,1,8H2,2H3. The topological polar surface area (TPSA) is 12.0 Å². The van der Waals surface area contributed by atoms with Crippen LogP contribution in [0.3, 0.4) is 0 Å². The Balaban J connectivity index is 2.79. The summed E-state index contributed by atoms with van der Waals surface area (Å²) in [6.07, 6.45) is 11.0. The Morgan fingerprint density at radius 3 is 3.09 bits per heavy atom. The van der Waals surface area contributed by atoms with Gasteiger partial charge in [-0.1, -0.05) is 30.9 Å². The molecule has 1 nitrogen and oxygen atoms in total. The second kappa shape index (κ2) is 3.81. The van der Waals surface area contributed by atoms with Gasteiger partial charge in [-0.15, -0.1) is 0 Å². The van der Waals surface area contributed by atoms with Gasteiger partial charge in [0, 0.05) is 12.1 Å². The second-order valence-corrected chi connectivity index (χ2v) is 2.50. The first-order chi connectivity index (χ1) is 5.34. The second-order valence-electron chi connectivity index (χ2n) is 2.50. The summed E-state index contributed by atoms with van der Waals surface area (Å²) in [6, 6.07) is 0. The van der Waals surface area contributed by atoms with Gasteiger partial charge < -0.3 is 5.32 Å². The highest BCUT2D eigenvalue weighted by Gasteiger charge is 1.96. The van der Waals surface area contributed by atoms with Gasteiger partial charge in [-0.25, -0.2) is 0 Å². The molecule has 1 rings (SSSR count). The first-order valence-corrected chi connectivity index (χ1v) is 3.75. The minimum Gasteiger partial charge on any atom is -0.365 e. The maximum atomic E-state index is 3.63. The van der Waals surface area contributed by atoms with Crippen LogP contribution in [-0.4, -0.2) is 0 Å². The average Bonchev–Trinajstić information content (AvgIpc) is 2.18. The average molecular weight is 147 g/mol. The molecule has 1 aliphatic carbocycles. The lowest BCUT2D eigenvalue weighted by molar-refractivity contribution is 0.975. The summed E-state index contributed by atoms with van der Waals surface area (Å²) in [7, 11) is 0. The fraction of sp³-hybridized carbons (Fsp3) is 0.200. The van der Waals surface area contributed by atoms with E-state index in [1.165, 1.54) is 11.3 Å². The molecular formula is C10H13N. The molecule has 0 fully saturated rings. The van der Waals surface area contributed by atoms with Crippen LogP contribution in [0.25, 0.3) is 0 Å². The molecule has 1 aliphatic rings. The highest BCUT2D eigenvalue weighted by atomic mass is 14.8. The van der Waals surface area contributed by atoms with E-state index in [-0.39, 0.29) is 0 Å². The molecule has 0 spiro atoms. The van der Waals surface area contributed by atoms with Crippen LogP contribution in [0.15, 0.2) is 48.4 Å². The van der Waals surface area contributed by atoms with E-state index in [0.29, 0.717) is 0 Å². The summed E-state index contributed by atoms with van der Waals surface area (Å²) in [5.41, 5.74) is 2.50. The molecule has 0 aliphatic heterocycles. The van der Waals surface area contributed by atoms with Crippen LogP contribution in [0.1, 0.15) is 13.3 Å². The summed E-state index contributed by atoms with van der Waals surface area (Å²) in [6.45, 7) is 5.72. The Kier molecular flexibility index (Phi) is 2.73. The van der Waals surface area contributed by atoms with Crippen LogP contribution in [0.2, 0.25) is 0 Å². The van der Waals surface area contributed by atoms with E-state index in [0.717, 1.165) is 6.42 Å². The molecular weight excluding hydrogens is 134 g/mol. The van der Waals surface area contributed by atoms with Crippen molar-refractivity contribution in [3.63, 3.8) is 0 Å². The van der Waals surface area contributed by atoms with Gasteiger partial charge in [0.15, 0.2) is 0 Å².